The fourth-order valence-corrected chi connectivity index (χ4v) is 9.84. The van der Waals surface area contributed by atoms with Crippen LogP contribution in [0.4, 0.5) is 0 Å². The molecule has 0 aromatic rings. The van der Waals surface area contributed by atoms with E-state index in [1.165, 1.54) is 6.92 Å². The summed E-state index contributed by atoms with van der Waals surface area (Å²) in [5.74, 6) is -1.29. The van der Waals surface area contributed by atoms with Gasteiger partial charge in [0.2, 0.25) is 5.70 Å². The molecule has 5 aliphatic carbocycles. The summed E-state index contributed by atoms with van der Waals surface area (Å²) in [5, 5.41) is 12.9. The van der Waals surface area contributed by atoms with Crippen LogP contribution in [-0.4, -0.2) is 34.9 Å². The molecule has 0 unspecified atom stereocenters. The number of rotatable bonds is 2. The lowest BCUT2D eigenvalue weighted by Gasteiger charge is -2.71. The van der Waals surface area contributed by atoms with Crippen molar-refractivity contribution in [3.63, 3.8) is 0 Å². The largest absolute Gasteiger partial charge is 0.465 e. The lowest BCUT2D eigenvalue weighted by Crippen LogP contribution is -2.74. The fourth-order valence-electron chi connectivity index (χ4n) is 9.84. The highest BCUT2D eigenvalue weighted by molar-refractivity contribution is 6.02. The number of esters is 1. The van der Waals surface area contributed by atoms with Gasteiger partial charge in [0.05, 0.1) is 13.2 Å². The Morgan fingerprint density at radius 2 is 1.76 bits per heavy atom. The van der Waals surface area contributed by atoms with Gasteiger partial charge < -0.3 is 14.6 Å². The van der Waals surface area contributed by atoms with Gasteiger partial charge in [-0.25, -0.2) is 4.85 Å². The van der Waals surface area contributed by atoms with Crippen LogP contribution in [0, 0.1) is 51.4 Å². The highest BCUT2D eigenvalue weighted by Crippen LogP contribution is 2.74. The molecule has 3 fully saturated rings. The molecule has 38 heavy (non-hydrogen) atoms. The van der Waals surface area contributed by atoms with Gasteiger partial charge in [0.1, 0.15) is 5.60 Å². The molecule has 0 aromatic heterocycles. The summed E-state index contributed by atoms with van der Waals surface area (Å²) in [6.07, 6.45) is 9.01. The van der Waals surface area contributed by atoms with Crippen LogP contribution in [-0.2, 0) is 19.1 Å². The van der Waals surface area contributed by atoms with Crippen molar-refractivity contribution < 1.29 is 24.2 Å². The number of allylic oxidation sites excluding steroid dienone is 3. The van der Waals surface area contributed by atoms with Crippen LogP contribution in [0.5, 0.6) is 0 Å². The minimum atomic E-state index is -1.59. The maximum atomic E-state index is 14.4. The molecule has 0 aromatic carbocycles. The summed E-state index contributed by atoms with van der Waals surface area (Å²) >= 11 is 0. The zero-order valence-electron chi connectivity index (χ0n) is 24.1. The number of carbonyl (C=O) groups excluding carboxylic acids is 3. The number of carbonyl (C=O) groups is 3. The molecular formula is C32H43NO5. The number of ether oxygens (including phenoxy) is 1. The van der Waals surface area contributed by atoms with Crippen LogP contribution in [0.1, 0.15) is 93.4 Å². The zero-order valence-corrected chi connectivity index (χ0v) is 24.1. The molecule has 3 saturated carbocycles. The van der Waals surface area contributed by atoms with Crippen molar-refractivity contribution in [1.29, 1.82) is 0 Å². The minimum Gasteiger partial charge on any atom is -0.465 e. The first-order chi connectivity index (χ1) is 17.5. The number of ketones is 2. The molecule has 0 aliphatic heterocycles. The van der Waals surface area contributed by atoms with Crippen LogP contribution in [0.25, 0.3) is 4.85 Å². The molecule has 6 heteroatoms. The predicted molar refractivity (Wildman–Crippen MR) is 143 cm³/mol. The van der Waals surface area contributed by atoms with Crippen LogP contribution in [0.15, 0.2) is 23.4 Å². The minimum absolute atomic E-state index is 0.0164. The third kappa shape index (κ3) is 3.23. The summed E-state index contributed by atoms with van der Waals surface area (Å²) in [7, 11) is 0. The first-order valence-corrected chi connectivity index (χ1v) is 14.3. The van der Waals surface area contributed by atoms with Gasteiger partial charge in [0, 0.05) is 35.0 Å². The van der Waals surface area contributed by atoms with E-state index >= 15 is 0 Å². The van der Waals surface area contributed by atoms with Crippen LogP contribution >= 0.6 is 0 Å². The van der Waals surface area contributed by atoms with E-state index in [4.69, 9.17) is 11.3 Å². The van der Waals surface area contributed by atoms with Crippen molar-refractivity contribution in [2.75, 3.05) is 6.61 Å². The molecule has 8 atom stereocenters. The van der Waals surface area contributed by atoms with Gasteiger partial charge in [-0.15, -0.1) is 0 Å². The van der Waals surface area contributed by atoms with E-state index in [1.807, 2.05) is 13.0 Å². The third-order valence-electron chi connectivity index (χ3n) is 12.4. The zero-order chi connectivity index (χ0) is 28.1. The predicted octanol–water partition coefficient (Wildman–Crippen LogP) is 5.85. The third-order valence-corrected chi connectivity index (χ3v) is 12.4. The van der Waals surface area contributed by atoms with Gasteiger partial charge >= 0.3 is 5.97 Å². The Morgan fingerprint density at radius 1 is 1.11 bits per heavy atom. The quantitative estimate of drug-likeness (QED) is 0.364. The van der Waals surface area contributed by atoms with E-state index in [0.29, 0.717) is 12.8 Å². The summed E-state index contributed by atoms with van der Waals surface area (Å²) in [6, 6.07) is 0. The van der Waals surface area contributed by atoms with Crippen molar-refractivity contribution in [2.45, 2.75) is 99.0 Å². The molecule has 0 spiro atoms. The summed E-state index contributed by atoms with van der Waals surface area (Å²) < 4.78 is 5.62. The molecule has 1 N–H and O–H groups in total. The number of fused-ring (bicyclic) bond motifs is 7. The fraction of sp³-hybridized carbons (Fsp3) is 0.750. The van der Waals surface area contributed by atoms with Gasteiger partial charge in [0.15, 0.2) is 11.6 Å². The topological polar surface area (TPSA) is 85.0 Å². The highest BCUT2D eigenvalue weighted by Gasteiger charge is 2.75. The average Bonchev–Trinajstić information content (AvgIpc) is 2.84. The molecule has 206 valence electrons. The molecule has 0 bridgehead atoms. The molecule has 0 amide bonds. The van der Waals surface area contributed by atoms with Crippen LogP contribution in [0.2, 0.25) is 0 Å². The van der Waals surface area contributed by atoms with Gasteiger partial charge in [-0.1, -0.05) is 53.2 Å². The van der Waals surface area contributed by atoms with Gasteiger partial charge in [-0.05, 0) is 67.8 Å². The second kappa shape index (κ2) is 8.13. The Bertz CT molecular complexity index is 1220. The number of aliphatic hydroxyl groups is 1. The van der Waals surface area contributed by atoms with E-state index in [1.54, 1.807) is 6.08 Å². The SMILES string of the molecule is [C-]#[N+]C1=C[C@]2(C)C3=CC(=O)[C@]4(O)[C@@H]5CC(C)(C)CC[C@]5(COC(C)=O)CC[C@@]4(C)[C@]3(C)CC[C@H]2[C@H](C)C1=O. The second-order valence-electron chi connectivity index (χ2n) is 14.6. The maximum Gasteiger partial charge on any atom is 0.302 e. The van der Waals surface area contributed by atoms with E-state index in [-0.39, 0.29) is 53.0 Å². The Hall–Kier alpha value is -2.26. The van der Waals surface area contributed by atoms with Crippen LogP contribution in [0.3, 0.4) is 0 Å². The standard InChI is InChI=1S/C32H43NO5/c1-19-21-9-10-29(6)23(28(21,5)16-22(33-8)26(19)36)15-25(35)32(37)24-17-27(3,4)11-13-31(24,18-38-20(2)34)14-12-30(29,32)7/h15-16,19,21,24,37H,9-14,17-18H2,1-7H3/t19-,21-,24+,28-,29+,30-,31+,32+/m0/s1. The van der Waals surface area contributed by atoms with E-state index in [0.717, 1.165) is 37.7 Å². The molecular weight excluding hydrogens is 478 g/mol. The number of nitrogens with zero attached hydrogens (tertiary/aromatic N) is 1. The first kappa shape index (κ1) is 27.3. The molecule has 5 aliphatic rings. The monoisotopic (exact) mass is 521 g/mol. The van der Waals surface area contributed by atoms with E-state index in [9.17, 15) is 19.5 Å². The first-order valence-electron chi connectivity index (χ1n) is 14.3. The number of hydrogen-bond acceptors (Lipinski definition) is 5. The second-order valence-corrected chi connectivity index (χ2v) is 14.6. The lowest BCUT2D eigenvalue weighted by atomic mass is 9.33. The van der Waals surface area contributed by atoms with Gasteiger partial charge in [0.25, 0.3) is 0 Å². The van der Waals surface area contributed by atoms with Gasteiger partial charge in [-0.3, -0.25) is 9.59 Å². The molecule has 6 nitrogen and oxygen atoms in total. The summed E-state index contributed by atoms with van der Waals surface area (Å²) in [5.41, 5.74) is -2.75. The normalized spacial score (nSPS) is 47.3. The summed E-state index contributed by atoms with van der Waals surface area (Å²) in [6.45, 7) is 22.0. The van der Waals surface area contributed by atoms with E-state index < -0.39 is 27.3 Å². The average molecular weight is 522 g/mol. The molecule has 0 saturated heterocycles. The Kier molecular flexibility index (Phi) is 5.84. The Labute approximate surface area is 227 Å². The van der Waals surface area contributed by atoms with Crippen molar-refractivity contribution in [3.8, 4) is 0 Å². The van der Waals surface area contributed by atoms with Crippen molar-refractivity contribution in [2.24, 2.45) is 44.8 Å². The maximum absolute atomic E-state index is 14.4. The van der Waals surface area contributed by atoms with Crippen molar-refractivity contribution in [1.82, 2.24) is 0 Å². The van der Waals surface area contributed by atoms with Crippen molar-refractivity contribution in [3.05, 3.63) is 34.8 Å². The molecule has 5 rings (SSSR count). The Balaban J connectivity index is 1.70. The molecule has 0 heterocycles. The number of hydrogen-bond donors (Lipinski definition) is 1. The smallest absolute Gasteiger partial charge is 0.302 e. The van der Waals surface area contributed by atoms with E-state index in [2.05, 4.69) is 39.5 Å². The number of Topliss-reactive ketones (excluding diaryl/α,β-unsaturated/α-hetero) is 1. The highest BCUT2D eigenvalue weighted by atomic mass is 16.5. The van der Waals surface area contributed by atoms with Gasteiger partial charge in [-0.2, -0.15) is 0 Å². The summed E-state index contributed by atoms with van der Waals surface area (Å²) in [4.78, 5) is 42.8. The molecule has 0 radical (unpaired) electrons. The van der Waals surface area contributed by atoms with Crippen molar-refractivity contribution >= 4 is 17.5 Å². The lowest BCUT2D eigenvalue weighted by molar-refractivity contribution is -0.251. The van der Waals surface area contributed by atoms with Crippen LogP contribution < -0.4 is 0 Å². The Morgan fingerprint density at radius 3 is 2.39 bits per heavy atom.